The van der Waals surface area contributed by atoms with E-state index >= 15 is 0 Å². The monoisotopic (exact) mass is 315 g/mol. The molecule has 0 aromatic heterocycles. The molecule has 0 saturated heterocycles. The number of para-hydroxylation sites is 1. The first-order chi connectivity index (χ1) is 10.3. The van der Waals surface area contributed by atoms with Gasteiger partial charge in [0.25, 0.3) is 5.91 Å². The van der Waals surface area contributed by atoms with E-state index in [9.17, 15) is 18.0 Å². The molecule has 1 fully saturated rings. The van der Waals surface area contributed by atoms with Crippen molar-refractivity contribution in [3.8, 4) is 5.75 Å². The maximum Gasteiger partial charge on any atom is 0.573 e. The Hall–Kier alpha value is -1.72. The van der Waals surface area contributed by atoms with Gasteiger partial charge in [0.1, 0.15) is 5.75 Å². The lowest BCUT2D eigenvalue weighted by Gasteiger charge is -2.26. The fourth-order valence-corrected chi connectivity index (χ4v) is 2.73. The maximum atomic E-state index is 12.3. The number of halogens is 3. The Kier molecular flexibility index (Phi) is 5.32. The van der Waals surface area contributed by atoms with Crippen LogP contribution in [-0.2, 0) is 0 Å². The first-order valence-corrected chi connectivity index (χ1v) is 7.48. The summed E-state index contributed by atoms with van der Waals surface area (Å²) in [5.41, 5.74) is -0.0935. The van der Waals surface area contributed by atoms with Crippen LogP contribution in [-0.4, -0.2) is 18.8 Å². The van der Waals surface area contributed by atoms with Crippen LogP contribution in [0.1, 0.15) is 43.0 Å². The molecule has 0 aliphatic heterocycles. The maximum absolute atomic E-state index is 12.3. The Labute approximate surface area is 127 Å². The lowest BCUT2D eigenvalue weighted by Crippen LogP contribution is -2.31. The zero-order chi connectivity index (χ0) is 16.2. The number of carbonyl (C=O) groups excluding carboxylic acids is 1. The first kappa shape index (κ1) is 16.6. The molecule has 0 bridgehead atoms. The summed E-state index contributed by atoms with van der Waals surface area (Å²) in [7, 11) is 0. The summed E-state index contributed by atoms with van der Waals surface area (Å²) >= 11 is 0. The molecule has 2 rings (SSSR count). The van der Waals surface area contributed by atoms with Crippen LogP contribution < -0.4 is 10.1 Å². The minimum absolute atomic E-state index is 0.0935. The van der Waals surface area contributed by atoms with Gasteiger partial charge >= 0.3 is 6.36 Å². The van der Waals surface area contributed by atoms with Crippen LogP contribution >= 0.6 is 0 Å². The van der Waals surface area contributed by atoms with E-state index in [0.717, 1.165) is 31.7 Å². The molecule has 1 aliphatic carbocycles. The van der Waals surface area contributed by atoms with E-state index < -0.39 is 18.0 Å². The quantitative estimate of drug-likeness (QED) is 0.907. The lowest BCUT2D eigenvalue weighted by atomic mass is 9.83. The molecule has 1 amide bonds. The van der Waals surface area contributed by atoms with Crippen LogP contribution in [0.5, 0.6) is 5.75 Å². The largest absolute Gasteiger partial charge is 0.573 e. The van der Waals surface area contributed by atoms with Gasteiger partial charge in [-0.05, 0) is 36.8 Å². The summed E-state index contributed by atoms with van der Waals surface area (Å²) in [6, 6.07) is 5.39. The van der Waals surface area contributed by atoms with E-state index in [1.807, 2.05) is 0 Å². The molecule has 22 heavy (non-hydrogen) atoms. The number of nitrogens with one attached hydrogen (secondary N) is 1. The predicted molar refractivity (Wildman–Crippen MR) is 76.6 cm³/mol. The molecule has 0 unspecified atom stereocenters. The first-order valence-electron chi connectivity index (χ1n) is 7.48. The molecule has 1 aliphatic rings. The van der Waals surface area contributed by atoms with Crippen molar-refractivity contribution >= 4 is 5.91 Å². The van der Waals surface area contributed by atoms with Crippen LogP contribution in [0.25, 0.3) is 0 Å². The van der Waals surface area contributed by atoms with Crippen molar-refractivity contribution in [3.63, 3.8) is 0 Å². The third-order valence-electron chi connectivity index (χ3n) is 4.04. The topological polar surface area (TPSA) is 38.3 Å². The van der Waals surface area contributed by atoms with E-state index in [2.05, 4.69) is 17.0 Å². The summed E-state index contributed by atoms with van der Waals surface area (Å²) < 4.78 is 40.9. The average molecular weight is 315 g/mol. The van der Waals surface area contributed by atoms with E-state index in [1.54, 1.807) is 0 Å². The van der Waals surface area contributed by atoms with Crippen molar-refractivity contribution in [3.05, 3.63) is 29.8 Å². The third kappa shape index (κ3) is 4.93. The van der Waals surface area contributed by atoms with Gasteiger partial charge in [-0.3, -0.25) is 4.79 Å². The molecule has 1 aromatic carbocycles. The van der Waals surface area contributed by atoms with Crippen LogP contribution in [0.3, 0.4) is 0 Å². The number of carbonyl (C=O) groups is 1. The third-order valence-corrected chi connectivity index (χ3v) is 4.04. The van der Waals surface area contributed by atoms with Gasteiger partial charge in [0.05, 0.1) is 5.56 Å². The normalized spacial score (nSPS) is 22.2. The number of ether oxygens (including phenoxy) is 1. The minimum Gasteiger partial charge on any atom is -0.405 e. The van der Waals surface area contributed by atoms with Gasteiger partial charge in [-0.15, -0.1) is 13.2 Å². The van der Waals surface area contributed by atoms with Gasteiger partial charge in [-0.1, -0.05) is 31.9 Å². The summed E-state index contributed by atoms with van der Waals surface area (Å²) in [5, 5.41) is 2.72. The standard InChI is InChI=1S/C16H20F3NO2/c1-11-6-8-12(9-7-11)10-20-15(21)13-4-2-3-5-14(13)22-16(17,18)19/h2-5,11-12H,6-10H2,1H3,(H,20,21). The molecule has 0 radical (unpaired) electrons. The van der Waals surface area contributed by atoms with Crippen molar-refractivity contribution in [2.75, 3.05) is 6.54 Å². The van der Waals surface area contributed by atoms with Gasteiger partial charge in [0.2, 0.25) is 0 Å². The second-order valence-corrected chi connectivity index (χ2v) is 5.88. The molecule has 1 aromatic rings. The van der Waals surface area contributed by atoms with Crippen molar-refractivity contribution < 1.29 is 22.7 Å². The molecule has 1 saturated carbocycles. The Bertz CT molecular complexity index is 508. The number of alkyl halides is 3. The number of rotatable bonds is 4. The highest BCUT2D eigenvalue weighted by Gasteiger charge is 2.32. The van der Waals surface area contributed by atoms with Crippen molar-refractivity contribution in [1.29, 1.82) is 0 Å². The van der Waals surface area contributed by atoms with E-state index in [1.165, 1.54) is 18.2 Å². The smallest absolute Gasteiger partial charge is 0.405 e. The molecule has 0 spiro atoms. The highest BCUT2D eigenvalue weighted by atomic mass is 19.4. The summed E-state index contributed by atoms with van der Waals surface area (Å²) in [5.74, 6) is 0.118. The minimum atomic E-state index is -4.81. The Balaban J connectivity index is 1.95. The predicted octanol–water partition coefficient (Wildman–Crippen LogP) is 4.14. The Morgan fingerprint density at radius 1 is 1.23 bits per heavy atom. The molecule has 0 atom stereocenters. The van der Waals surface area contributed by atoms with Crippen LogP contribution in [0.4, 0.5) is 13.2 Å². The lowest BCUT2D eigenvalue weighted by molar-refractivity contribution is -0.274. The zero-order valence-electron chi connectivity index (χ0n) is 12.5. The van der Waals surface area contributed by atoms with E-state index in [0.29, 0.717) is 18.4 Å². The Morgan fingerprint density at radius 2 is 1.86 bits per heavy atom. The molecule has 3 nitrogen and oxygen atoms in total. The van der Waals surface area contributed by atoms with Gasteiger partial charge < -0.3 is 10.1 Å². The SMILES string of the molecule is CC1CCC(CNC(=O)c2ccccc2OC(F)(F)F)CC1. The van der Waals surface area contributed by atoms with Crippen molar-refractivity contribution in [2.45, 2.75) is 39.0 Å². The highest BCUT2D eigenvalue weighted by molar-refractivity contribution is 5.96. The Morgan fingerprint density at radius 3 is 2.50 bits per heavy atom. The molecule has 122 valence electrons. The summed E-state index contributed by atoms with van der Waals surface area (Å²) in [6.07, 6.45) is -0.456. The fourth-order valence-electron chi connectivity index (χ4n) is 2.73. The summed E-state index contributed by atoms with van der Waals surface area (Å²) in [4.78, 5) is 12.1. The zero-order valence-corrected chi connectivity index (χ0v) is 12.5. The van der Waals surface area contributed by atoms with Crippen LogP contribution in [0, 0.1) is 11.8 Å². The molecule has 1 N–H and O–H groups in total. The van der Waals surface area contributed by atoms with Crippen LogP contribution in [0.15, 0.2) is 24.3 Å². The molecule has 6 heteroatoms. The second kappa shape index (κ2) is 7.03. The highest BCUT2D eigenvalue weighted by Crippen LogP contribution is 2.28. The number of amides is 1. The molecule has 0 heterocycles. The van der Waals surface area contributed by atoms with Gasteiger partial charge in [-0.25, -0.2) is 0 Å². The molecular formula is C16H20F3NO2. The average Bonchev–Trinajstić information content (AvgIpc) is 2.45. The molecular weight excluding hydrogens is 295 g/mol. The van der Waals surface area contributed by atoms with E-state index in [4.69, 9.17) is 0 Å². The summed E-state index contributed by atoms with van der Waals surface area (Å²) in [6.45, 7) is 2.70. The van der Waals surface area contributed by atoms with E-state index in [-0.39, 0.29) is 5.56 Å². The number of hydrogen-bond donors (Lipinski definition) is 1. The van der Waals surface area contributed by atoms with Gasteiger partial charge in [0.15, 0.2) is 0 Å². The van der Waals surface area contributed by atoms with Crippen molar-refractivity contribution in [2.24, 2.45) is 11.8 Å². The van der Waals surface area contributed by atoms with Gasteiger partial charge in [0, 0.05) is 6.54 Å². The van der Waals surface area contributed by atoms with Crippen LogP contribution in [0.2, 0.25) is 0 Å². The van der Waals surface area contributed by atoms with Crippen molar-refractivity contribution in [1.82, 2.24) is 5.32 Å². The number of hydrogen-bond acceptors (Lipinski definition) is 2. The fraction of sp³-hybridized carbons (Fsp3) is 0.562. The number of benzene rings is 1. The van der Waals surface area contributed by atoms with Gasteiger partial charge in [-0.2, -0.15) is 0 Å². The second-order valence-electron chi connectivity index (χ2n) is 5.88.